The lowest BCUT2D eigenvalue weighted by Crippen LogP contribution is -2.48. The number of H-pyrrole nitrogens is 1. The number of nitrogens with one attached hydrogen (secondary N) is 3. The van der Waals surface area contributed by atoms with Crippen molar-refractivity contribution in [3.05, 3.63) is 65.4 Å². The quantitative estimate of drug-likeness (QED) is 0.515. The molecule has 1 atom stereocenters. The molecule has 0 aliphatic carbocycles. The van der Waals surface area contributed by atoms with Crippen molar-refractivity contribution >= 4 is 22.7 Å². The van der Waals surface area contributed by atoms with Gasteiger partial charge in [0.1, 0.15) is 18.4 Å². The van der Waals surface area contributed by atoms with Gasteiger partial charge in [-0.3, -0.25) is 9.59 Å². The van der Waals surface area contributed by atoms with Crippen LogP contribution in [-0.4, -0.2) is 36.0 Å². The fraction of sp³-hybridized carbons (Fsp3) is 0.304. The van der Waals surface area contributed by atoms with E-state index in [-0.39, 0.29) is 11.8 Å². The van der Waals surface area contributed by atoms with Gasteiger partial charge in [0.05, 0.1) is 6.54 Å². The molecule has 0 saturated carbocycles. The van der Waals surface area contributed by atoms with Gasteiger partial charge in [-0.25, -0.2) is 0 Å². The molecule has 0 aliphatic rings. The standard InChI is InChI=1S/C23H27N3O3/c1-15-7-6-8-16(2)22(15)29-12-11-24-23(28)21(26-17(3)27)13-18-14-25-20-10-5-4-9-19(18)20/h4-10,14,21,25H,11-13H2,1-3H3,(H,24,28)(H,26,27). The van der Waals surface area contributed by atoms with Crippen LogP contribution in [0, 0.1) is 13.8 Å². The van der Waals surface area contributed by atoms with E-state index < -0.39 is 6.04 Å². The van der Waals surface area contributed by atoms with Crippen molar-refractivity contribution in [2.45, 2.75) is 33.2 Å². The number of para-hydroxylation sites is 2. The molecular weight excluding hydrogens is 366 g/mol. The number of benzene rings is 2. The van der Waals surface area contributed by atoms with E-state index in [9.17, 15) is 9.59 Å². The lowest BCUT2D eigenvalue weighted by atomic mass is 10.0. The van der Waals surface area contributed by atoms with Crippen molar-refractivity contribution in [2.75, 3.05) is 13.2 Å². The summed E-state index contributed by atoms with van der Waals surface area (Å²) in [5.41, 5.74) is 4.12. The number of carbonyl (C=O) groups excluding carboxylic acids is 2. The smallest absolute Gasteiger partial charge is 0.243 e. The van der Waals surface area contributed by atoms with Crippen molar-refractivity contribution in [1.29, 1.82) is 0 Å². The highest BCUT2D eigenvalue weighted by atomic mass is 16.5. The predicted molar refractivity (Wildman–Crippen MR) is 114 cm³/mol. The molecule has 2 aromatic carbocycles. The summed E-state index contributed by atoms with van der Waals surface area (Å²) in [5, 5.41) is 6.67. The highest BCUT2D eigenvalue weighted by molar-refractivity contribution is 5.89. The molecule has 3 rings (SSSR count). The van der Waals surface area contributed by atoms with Gasteiger partial charge in [0.15, 0.2) is 0 Å². The summed E-state index contributed by atoms with van der Waals surface area (Å²) in [6.45, 7) is 6.12. The molecule has 6 nitrogen and oxygen atoms in total. The molecule has 1 aromatic heterocycles. The molecule has 3 aromatic rings. The zero-order valence-electron chi connectivity index (χ0n) is 17.0. The third kappa shape index (κ3) is 5.16. The van der Waals surface area contributed by atoms with Gasteiger partial charge in [-0.2, -0.15) is 0 Å². The Bertz CT molecular complexity index is 989. The number of amides is 2. The lowest BCUT2D eigenvalue weighted by molar-refractivity contribution is -0.128. The summed E-state index contributed by atoms with van der Waals surface area (Å²) >= 11 is 0. The number of ether oxygens (including phenoxy) is 1. The molecular formula is C23H27N3O3. The van der Waals surface area contributed by atoms with E-state index in [1.807, 2.05) is 62.5 Å². The first-order valence-electron chi connectivity index (χ1n) is 9.74. The number of aromatic nitrogens is 1. The number of hydrogen-bond donors (Lipinski definition) is 3. The molecule has 0 fully saturated rings. The van der Waals surface area contributed by atoms with Crippen LogP contribution in [0.25, 0.3) is 10.9 Å². The van der Waals surface area contributed by atoms with E-state index in [2.05, 4.69) is 15.6 Å². The Morgan fingerprint density at radius 2 is 1.79 bits per heavy atom. The Morgan fingerprint density at radius 3 is 2.52 bits per heavy atom. The minimum atomic E-state index is -0.646. The number of carbonyl (C=O) groups is 2. The van der Waals surface area contributed by atoms with Gasteiger partial charge in [0, 0.05) is 30.4 Å². The van der Waals surface area contributed by atoms with E-state index in [4.69, 9.17) is 4.74 Å². The topological polar surface area (TPSA) is 83.2 Å². The summed E-state index contributed by atoms with van der Waals surface area (Å²) in [6.07, 6.45) is 2.30. The van der Waals surface area contributed by atoms with E-state index in [1.54, 1.807) is 0 Å². The highest BCUT2D eigenvalue weighted by Gasteiger charge is 2.21. The minimum Gasteiger partial charge on any atom is -0.491 e. The Kier molecular flexibility index (Phi) is 6.54. The number of fused-ring (bicyclic) bond motifs is 1. The third-order valence-corrected chi connectivity index (χ3v) is 4.85. The minimum absolute atomic E-state index is 0.226. The van der Waals surface area contributed by atoms with E-state index in [0.717, 1.165) is 33.3 Å². The first kappa shape index (κ1) is 20.5. The molecule has 29 heavy (non-hydrogen) atoms. The zero-order chi connectivity index (χ0) is 20.8. The predicted octanol–water partition coefficient (Wildman–Crippen LogP) is 3.03. The lowest BCUT2D eigenvalue weighted by Gasteiger charge is -2.18. The van der Waals surface area contributed by atoms with Crippen LogP contribution in [0.3, 0.4) is 0 Å². The number of rotatable bonds is 8. The molecule has 0 radical (unpaired) electrons. The Morgan fingerprint density at radius 1 is 1.07 bits per heavy atom. The number of aryl methyl sites for hydroxylation is 2. The molecule has 0 aliphatic heterocycles. The fourth-order valence-corrected chi connectivity index (χ4v) is 3.45. The van der Waals surface area contributed by atoms with Crippen LogP contribution >= 0.6 is 0 Å². The van der Waals surface area contributed by atoms with Crippen molar-refractivity contribution < 1.29 is 14.3 Å². The van der Waals surface area contributed by atoms with Crippen LogP contribution < -0.4 is 15.4 Å². The van der Waals surface area contributed by atoms with Gasteiger partial charge in [0.2, 0.25) is 11.8 Å². The summed E-state index contributed by atoms with van der Waals surface area (Å²) < 4.78 is 5.84. The summed E-state index contributed by atoms with van der Waals surface area (Å²) in [7, 11) is 0. The maximum atomic E-state index is 12.7. The van der Waals surface area contributed by atoms with Gasteiger partial charge in [-0.1, -0.05) is 36.4 Å². The highest BCUT2D eigenvalue weighted by Crippen LogP contribution is 2.22. The first-order chi connectivity index (χ1) is 14.0. The van der Waals surface area contributed by atoms with Crippen LogP contribution in [0.15, 0.2) is 48.7 Å². The second-order valence-corrected chi connectivity index (χ2v) is 7.18. The van der Waals surface area contributed by atoms with Crippen LogP contribution in [-0.2, 0) is 16.0 Å². The number of hydrogen-bond acceptors (Lipinski definition) is 3. The van der Waals surface area contributed by atoms with Crippen LogP contribution in [0.1, 0.15) is 23.6 Å². The molecule has 2 amide bonds. The molecule has 6 heteroatoms. The van der Waals surface area contributed by atoms with Crippen LogP contribution in [0.2, 0.25) is 0 Å². The Balaban J connectivity index is 1.60. The van der Waals surface area contributed by atoms with Gasteiger partial charge in [-0.05, 0) is 36.6 Å². The maximum absolute atomic E-state index is 12.7. The largest absolute Gasteiger partial charge is 0.491 e. The van der Waals surface area contributed by atoms with E-state index in [0.29, 0.717) is 19.6 Å². The van der Waals surface area contributed by atoms with Crippen molar-refractivity contribution in [3.63, 3.8) is 0 Å². The summed E-state index contributed by atoms with van der Waals surface area (Å²) in [6, 6.07) is 13.2. The second-order valence-electron chi connectivity index (χ2n) is 7.18. The number of aromatic amines is 1. The zero-order valence-corrected chi connectivity index (χ0v) is 17.0. The van der Waals surface area contributed by atoms with E-state index >= 15 is 0 Å². The second kappa shape index (κ2) is 9.28. The average Bonchev–Trinajstić information content (AvgIpc) is 3.09. The molecule has 0 saturated heterocycles. The van der Waals surface area contributed by atoms with Crippen LogP contribution in [0.4, 0.5) is 0 Å². The molecule has 0 spiro atoms. The van der Waals surface area contributed by atoms with Crippen LogP contribution in [0.5, 0.6) is 5.75 Å². The molecule has 3 N–H and O–H groups in total. The molecule has 152 valence electrons. The maximum Gasteiger partial charge on any atom is 0.243 e. The monoisotopic (exact) mass is 393 g/mol. The van der Waals surface area contributed by atoms with Crippen molar-refractivity contribution in [2.24, 2.45) is 0 Å². The van der Waals surface area contributed by atoms with Gasteiger partial charge in [0.25, 0.3) is 0 Å². The SMILES string of the molecule is CC(=O)NC(Cc1c[nH]c2ccccc12)C(=O)NCCOc1c(C)cccc1C. The van der Waals surface area contributed by atoms with Crippen molar-refractivity contribution in [3.8, 4) is 5.75 Å². The van der Waals surface area contributed by atoms with Gasteiger partial charge >= 0.3 is 0 Å². The average molecular weight is 393 g/mol. The fourth-order valence-electron chi connectivity index (χ4n) is 3.45. The normalized spacial score (nSPS) is 11.8. The summed E-state index contributed by atoms with van der Waals surface area (Å²) in [5.74, 6) is 0.381. The van der Waals surface area contributed by atoms with Gasteiger partial charge < -0.3 is 20.4 Å². The molecule has 1 unspecified atom stereocenters. The Hall–Kier alpha value is -3.28. The Labute approximate surface area is 170 Å². The first-order valence-corrected chi connectivity index (χ1v) is 9.74. The summed E-state index contributed by atoms with van der Waals surface area (Å²) in [4.78, 5) is 27.5. The van der Waals surface area contributed by atoms with E-state index in [1.165, 1.54) is 6.92 Å². The molecule has 0 bridgehead atoms. The molecule has 1 heterocycles. The third-order valence-electron chi connectivity index (χ3n) is 4.85. The van der Waals surface area contributed by atoms with Gasteiger partial charge in [-0.15, -0.1) is 0 Å². The van der Waals surface area contributed by atoms with Crippen molar-refractivity contribution in [1.82, 2.24) is 15.6 Å².